The van der Waals surface area contributed by atoms with Crippen molar-refractivity contribution in [1.29, 1.82) is 0 Å². The van der Waals surface area contributed by atoms with Crippen molar-refractivity contribution < 1.29 is 5.11 Å². The van der Waals surface area contributed by atoms with E-state index < -0.39 is 0 Å². The van der Waals surface area contributed by atoms with Gasteiger partial charge in [0.25, 0.3) is 0 Å². The zero-order valence-corrected chi connectivity index (χ0v) is 8.02. The van der Waals surface area contributed by atoms with Crippen LogP contribution in [0.15, 0.2) is 5.38 Å². The third kappa shape index (κ3) is 1.17. The number of aryl methyl sites for hydroxylation is 1. The van der Waals surface area contributed by atoms with Crippen LogP contribution in [0.4, 0.5) is 0 Å². The maximum Gasteiger partial charge on any atom is 0.0925 e. The van der Waals surface area contributed by atoms with Gasteiger partial charge in [0.1, 0.15) is 0 Å². The van der Waals surface area contributed by atoms with Crippen LogP contribution in [-0.2, 0) is 11.8 Å². The van der Waals surface area contributed by atoms with Crippen molar-refractivity contribution in [2.75, 3.05) is 6.61 Å². The lowest BCUT2D eigenvalue weighted by molar-refractivity contribution is 0.253. The summed E-state index contributed by atoms with van der Waals surface area (Å²) < 4.78 is 0. The molecule has 0 aliphatic heterocycles. The monoisotopic (exact) mass is 183 g/mol. The van der Waals surface area contributed by atoms with Crippen molar-refractivity contribution in [1.82, 2.24) is 4.98 Å². The van der Waals surface area contributed by atoms with Gasteiger partial charge in [0.05, 0.1) is 17.3 Å². The number of hydrogen-bond donors (Lipinski definition) is 1. The molecule has 0 amide bonds. The molecule has 3 heteroatoms. The molecule has 1 saturated carbocycles. The minimum atomic E-state index is 0.0594. The Balaban J connectivity index is 2.23. The number of aliphatic hydroxyl groups excluding tert-OH is 1. The molecule has 0 aromatic carbocycles. The SMILES string of the molecule is CCc1nc(C2(CO)CC2)cs1. The minimum absolute atomic E-state index is 0.0594. The van der Waals surface area contributed by atoms with Gasteiger partial charge in [-0.05, 0) is 19.3 Å². The van der Waals surface area contributed by atoms with E-state index in [1.54, 1.807) is 11.3 Å². The van der Waals surface area contributed by atoms with Gasteiger partial charge >= 0.3 is 0 Å². The summed E-state index contributed by atoms with van der Waals surface area (Å²) in [6.45, 7) is 2.38. The molecule has 0 atom stereocenters. The largest absolute Gasteiger partial charge is 0.395 e. The van der Waals surface area contributed by atoms with Crippen molar-refractivity contribution in [3.05, 3.63) is 16.1 Å². The van der Waals surface area contributed by atoms with Crippen LogP contribution < -0.4 is 0 Å². The first kappa shape index (κ1) is 8.20. The van der Waals surface area contributed by atoms with E-state index in [4.69, 9.17) is 5.11 Å². The summed E-state index contributed by atoms with van der Waals surface area (Å²) in [5.41, 5.74) is 1.18. The number of thiazole rings is 1. The summed E-state index contributed by atoms with van der Waals surface area (Å²) in [5, 5.41) is 12.4. The van der Waals surface area contributed by atoms with Crippen LogP contribution in [0.3, 0.4) is 0 Å². The zero-order valence-electron chi connectivity index (χ0n) is 7.21. The highest BCUT2D eigenvalue weighted by molar-refractivity contribution is 7.09. The van der Waals surface area contributed by atoms with Crippen molar-refractivity contribution in [3.8, 4) is 0 Å². The number of nitrogens with zero attached hydrogens (tertiary/aromatic N) is 1. The third-order valence-corrected chi connectivity index (χ3v) is 3.55. The van der Waals surface area contributed by atoms with Crippen molar-refractivity contribution >= 4 is 11.3 Å². The second-order valence-electron chi connectivity index (χ2n) is 3.42. The average Bonchev–Trinajstić information content (AvgIpc) is 2.77. The molecular weight excluding hydrogens is 170 g/mol. The Labute approximate surface area is 76.3 Å². The molecule has 1 aromatic rings. The van der Waals surface area contributed by atoms with Crippen LogP contribution in [0, 0.1) is 0 Å². The van der Waals surface area contributed by atoms with E-state index in [-0.39, 0.29) is 12.0 Å². The van der Waals surface area contributed by atoms with Gasteiger partial charge in [-0.2, -0.15) is 0 Å². The van der Waals surface area contributed by atoms with E-state index in [2.05, 4.69) is 17.3 Å². The highest BCUT2D eigenvalue weighted by Gasteiger charge is 2.45. The molecule has 1 heterocycles. The van der Waals surface area contributed by atoms with Crippen LogP contribution in [-0.4, -0.2) is 16.7 Å². The van der Waals surface area contributed by atoms with Crippen LogP contribution in [0.5, 0.6) is 0 Å². The highest BCUT2D eigenvalue weighted by atomic mass is 32.1. The van der Waals surface area contributed by atoms with Crippen LogP contribution in [0.1, 0.15) is 30.5 Å². The first-order chi connectivity index (χ1) is 5.80. The van der Waals surface area contributed by atoms with Gasteiger partial charge in [-0.15, -0.1) is 11.3 Å². The molecule has 12 heavy (non-hydrogen) atoms. The van der Waals surface area contributed by atoms with Gasteiger partial charge in [0.2, 0.25) is 0 Å². The number of rotatable bonds is 3. The predicted octanol–water partition coefficient (Wildman–Crippen LogP) is 1.73. The molecule has 1 aliphatic carbocycles. The van der Waals surface area contributed by atoms with Gasteiger partial charge < -0.3 is 5.11 Å². The molecule has 0 bridgehead atoms. The average molecular weight is 183 g/mol. The molecule has 0 saturated heterocycles. The smallest absolute Gasteiger partial charge is 0.0925 e. The Kier molecular flexibility index (Phi) is 1.93. The molecule has 0 spiro atoms. The molecule has 1 N–H and O–H groups in total. The zero-order chi connectivity index (χ0) is 8.60. The molecule has 66 valence electrons. The lowest BCUT2D eigenvalue weighted by atomic mass is 10.1. The molecule has 2 nitrogen and oxygen atoms in total. The molecule has 0 unspecified atom stereocenters. The third-order valence-electron chi connectivity index (χ3n) is 2.55. The predicted molar refractivity (Wildman–Crippen MR) is 49.5 cm³/mol. The molecule has 1 aromatic heterocycles. The van der Waals surface area contributed by atoms with Crippen LogP contribution in [0.25, 0.3) is 0 Å². The normalized spacial score (nSPS) is 19.5. The quantitative estimate of drug-likeness (QED) is 0.774. The Morgan fingerprint density at radius 3 is 2.83 bits per heavy atom. The van der Waals surface area contributed by atoms with Gasteiger partial charge in [-0.3, -0.25) is 0 Å². The van der Waals surface area contributed by atoms with Crippen LogP contribution >= 0.6 is 11.3 Å². The first-order valence-corrected chi connectivity index (χ1v) is 5.24. The summed E-state index contributed by atoms with van der Waals surface area (Å²) in [7, 11) is 0. The van der Waals surface area contributed by atoms with E-state index >= 15 is 0 Å². The van der Waals surface area contributed by atoms with E-state index in [1.165, 1.54) is 5.01 Å². The van der Waals surface area contributed by atoms with Crippen LogP contribution in [0.2, 0.25) is 0 Å². The second-order valence-corrected chi connectivity index (χ2v) is 4.36. The van der Waals surface area contributed by atoms with E-state index in [0.29, 0.717) is 0 Å². The lowest BCUT2D eigenvalue weighted by Gasteiger charge is -2.06. The Hall–Kier alpha value is -0.410. The van der Waals surface area contributed by atoms with Gasteiger partial charge in [-0.25, -0.2) is 4.98 Å². The second kappa shape index (κ2) is 2.82. The number of hydrogen-bond acceptors (Lipinski definition) is 3. The van der Waals surface area contributed by atoms with Gasteiger partial charge in [0, 0.05) is 10.8 Å². The summed E-state index contributed by atoms with van der Waals surface area (Å²) in [6, 6.07) is 0. The molecular formula is C9H13NOS. The van der Waals surface area contributed by atoms with Gasteiger partial charge in [-0.1, -0.05) is 6.92 Å². The standard InChI is InChI=1S/C9H13NOS/c1-2-8-10-7(5-12-8)9(6-11)3-4-9/h5,11H,2-4,6H2,1H3. The topological polar surface area (TPSA) is 33.1 Å². The Morgan fingerprint density at radius 2 is 2.42 bits per heavy atom. The summed E-state index contributed by atoms with van der Waals surface area (Å²) >= 11 is 1.71. The molecule has 1 fully saturated rings. The van der Waals surface area contributed by atoms with Crippen molar-refractivity contribution in [3.63, 3.8) is 0 Å². The van der Waals surface area contributed by atoms with E-state index in [9.17, 15) is 0 Å². The number of aliphatic hydroxyl groups is 1. The summed E-state index contributed by atoms with van der Waals surface area (Å²) in [6.07, 6.45) is 3.22. The fourth-order valence-electron chi connectivity index (χ4n) is 1.36. The fourth-order valence-corrected chi connectivity index (χ4v) is 2.23. The van der Waals surface area contributed by atoms with Crippen molar-refractivity contribution in [2.24, 2.45) is 0 Å². The maximum absolute atomic E-state index is 9.16. The van der Waals surface area contributed by atoms with Crippen molar-refractivity contribution in [2.45, 2.75) is 31.6 Å². The summed E-state index contributed by atoms with van der Waals surface area (Å²) in [5.74, 6) is 0. The lowest BCUT2D eigenvalue weighted by Crippen LogP contribution is -2.12. The molecule has 0 radical (unpaired) electrons. The highest BCUT2D eigenvalue weighted by Crippen LogP contribution is 2.47. The molecule has 2 rings (SSSR count). The maximum atomic E-state index is 9.16. The van der Waals surface area contributed by atoms with E-state index in [0.717, 1.165) is 25.0 Å². The number of aromatic nitrogens is 1. The first-order valence-electron chi connectivity index (χ1n) is 4.36. The Bertz CT molecular complexity index is 278. The fraction of sp³-hybridized carbons (Fsp3) is 0.667. The summed E-state index contributed by atoms with van der Waals surface area (Å²) in [4.78, 5) is 4.49. The van der Waals surface area contributed by atoms with E-state index in [1.807, 2.05) is 0 Å². The Morgan fingerprint density at radius 1 is 1.67 bits per heavy atom. The molecule has 1 aliphatic rings. The minimum Gasteiger partial charge on any atom is -0.395 e. The van der Waals surface area contributed by atoms with Gasteiger partial charge in [0.15, 0.2) is 0 Å².